The van der Waals surface area contributed by atoms with Gasteiger partial charge in [-0.25, -0.2) is 13.1 Å². The van der Waals surface area contributed by atoms with Crippen molar-refractivity contribution >= 4 is 21.8 Å². The zero-order chi connectivity index (χ0) is 22.2. The van der Waals surface area contributed by atoms with E-state index in [1.807, 2.05) is 11.8 Å². The first-order chi connectivity index (χ1) is 14.7. The number of carbonyl (C=O) groups excluding carboxylic acids is 2. The second-order valence-electron chi connectivity index (χ2n) is 9.47. The Morgan fingerprint density at radius 3 is 2.35 bits per heavy atom. The lowest BCUT2D eigenvalue weighted by atomic mass is 9.92. The van der Waals surface area contributed by atoms with E-state index in [9.17, 15) is 18.0 Å². The van der Waals surface area contributed by atoms with Crippen molar-refractivity contribution in [3.8, 4) is 0 Å². The van der Waals surface area contributed by atoms with Gasteiger partial charge in [-0.3, -0.25) is 9.59 Å². The van der Waals surface area contributed by atoms with Gasteiger partial charge >= 0.3 is 0 Å². The Kier molecular flexibility index (Phi) is 6.40. The van der Waals surface area contributed by atoms with Gasteiger partial charge in [-0.15, -0.1) is 0 Å². The summed E-state index contributed by atoms with van der Waals surface area (Å²) in [7, 11) is -3.61. The number of rotatable bonds is 5. The summed E-state index contributed by atoms with van der Waals surface area (Å²) in [6, 6.07) is 4.77. The molecule has 1 atom stereocenters. The fourth-order valence-corrected chi connectivity index (χ4v) is 5.97. The summed E-state index contributed by atoms with van der Waals surface area (Å²) >= 11 is 0. The van der Waals surface area contributed by atoms with E-state index in [1.54, 1.807) is 17.0 Å². The molecule has 3 fully saturated rings. The molecule has 0 bridgehead atoms. The number of aryl methyl sites for hydroxylation is 1. The lowest BCUT2D eigenvalue weighted by molar-refractivity contribution is -0.138. The van der Waals surface area contributed by atoms with Crippen molar-refractivity contribution in [1.82, 2.24) is 14.5 Å². The number of amides is 2. The normalized spacial score (nSPS) is 23.1. The zero-order valence-electron chi connectivity index (χ0n) is 18.5. The minimum Gasteiger partial charge on any atom is -0.342 e. The number of piperidine rings is 2. The number of likely N-dealkylation sites (tertiary alicyclic amines) is 2. The number of benzene rings is 1. The van der Waals surface area contributed by atoms with Gasteiger partial charge in [0, 0.05) is 43.7 Å². The highest BCUT2D eigenvalue weighted by Gasteiger charge is 2.33. The molecular weight excluding hydrogens is 414 g/mol. The number of sulfonamides is 1. The average molecular weight is 448 g/mol. The van der Waals surface area contributed by atoms with Crippen LogP contribution in [0.5, 0.6) is 0 Å². The smallest absolute Gasteiger partial charge is 0.254 e. The van der Waals surface area contributed by atoms with Crippen LogP contribution >= 0.6 is 0 Å². The van der Waals surface area contributed by atoms with E-state index in [2.05, 4.69) is 11.6 Å². The first-order valence-electron chi connectivity index (χ1n) is 11.5. The highest BCUT2D eigenvalue weighted by molar-refractivity contribution is 7.89. The zero-order valence-corrected chi connectivity index (χ0v) is 19.3. The molecule has 0 spiro atoms. The maximum absolute atomic E-state index is 13.2. The Morgan fingerprint density at radius 2 is 1.71 bits per heavy atom. The number of hydrogen-bond donors (Lipinski definition) is 1. The SMILES string of the molecule is Cc1ccc(S(=O)(=O)NC2CC2)cc1C(=O)N1CCC(C(=O)N2CCC[C@@H](C)C2)CC1. The molecule has 1 aromatic carbocycles. The second kappa shape index (κ2) is 8.90. The molecule has 0 radical (unpaired) electrons. The second-order valence-corrected chi connectivity index (χ2v) is 11.2. The monoisotopic (exact) mass is 447 g/mol. The highest BCUT2D eigenvalue weighted by Crippen LogP contribution is 2.27. The predicted molar refractivity (Wildman–Crippen MR) is 118 cm³/mol. The van der Waals surface area contributed by atoms with E-state index in [0.717, 1.165) is 37.9 Å². The van der Waals surface area contributed by atoms with Crippen LogP contribution in [0.1, 0.15) is 61.4 Å². The Hall–Kier alpha value is -1.93. The van der Waals surface area contributed by atoms with Crippen LogP contribution in [0.25, 0.3) is 0 Å². The molecule has 1 aliphatic carbocycles. The van der Waals surface area contributed by atoms with Gasteiger partial charge in [-0.2, -0.15) is 0 Å². The third-order valence-electron chi connectivity index (χ3n) is 6.75. The first kappa shape index (κ1) is 22.3. The number of hydrogen-bond acceptors (Lipinski definition) is 4. The summed E-state index contributed by atoms with van der Waals surface area (Å²) in [4.78, 5) is 30.0. The van der Waals surface area contributed by atoms with Crippen LogP contribution in [-0.4, -0.2) is 62.3 Å². The first-order valence-corrected chi connectivity index (χ1v) is 12.9. The van der Waals surface area contributed by atoms with Crippen molar-refractivity contribution in [3.63, 3.8) is 0 Å². The molecule has 1 N–H and O–H groups in total. The summed E-state index contributed by atoms with van der Waals surface area (Å²) in [5.41, 5.74) is 1.18. The molecule has 170 valence electrons. The van der Waals surface area contributed by atoms with Crippen molar-refractivity contribution in [2.24, 2.45) is 11.8 Å². The molecule has 1 aromatic rings. The summed E-state index contributed by atoms with van der Waals surface area (Å²) in [6.07, 6.45) is 5.30. The van der Waals surface area contributed by atoms with Crippen LogP contribution in [-0.2, 0) is 14.8 Å². The van der Waals surface area contributed by atoms with E-state index in [0.29, 0.717) is 37.4 Å². The number of carbonyl (C=O) groups is 2. The maximum atomic E-state index is 13.2. The molecule has 1 saturated carbocycles. The standard InChI is InChI=1S/C23H33N3O4S/c1-16-4-3-11-26(15-16)22(27)18-9-12-25(13-10-18)23(28)21-14-20(8-5-17(21)2)31(29,30)24-19-6-7-19/h5,8,14,16,18-19,24H,3-4,6-7,9-13,15H2,1-2H3/t16-/m1/s1. The fraction of sp³-hybridized carbons (Fsp3) is 0.652. The number of nitrogens with one attached hydrogen (secondary N) is 1. The molecule has 7 nitrogen and oxygen atoms in total. The molecule has 2 saturated heterocycles. The topological polar surface area (TPSA) is 86.8 Å². The fourth-order valence-electron chi connectivity index (χ4n) is 4.63. The average Bonchev–Trinajstić information content (AvgIpc) is 3.56. The van der Waals surface area contributed by atoms with Crippen molar-refractivity contribution in [1.29, 1.82) is 0 Å². The van der Waals surface area contributed by atoms with Gasteiger partial charge in [0.05, 0.1) is 4.90 Å². The van der Waals surface area contributed by atoms with Crippen molar-refractivity contribution in [2.75, 3.05) is 26.2 Å². The van der Waals surface area contributed by atoms with Crippen LogP contribution in [0, 0.1) is 18.8 Å². The lowest BCUT2D eigenvalue weighted by Gasteiger charge is -2.37. The van der Waals surface area contributed by atoms with Crippen molar-refractivity contribution in [3.05, 3.63) is 29.3 Å². The Bertz CT molecular complexity index is 950. The lowest BCUT2D eigenvalue weighted by Crippen LogP contribution is -2.47. The van der Waals surface area contributed by atoms with Gasteiger partial charge in [0.2, 0.25) is 15.9 Å². The molecule has 2 amide bonds. The van der Waals surface area contributed by atoms with E-state index in [1.165, 1.54) is 12.5 Å². The van der Waals surface area contributed by atoms with Crippen molar-refractivity contribution < 1.29 is 18.0 Å². The number of nitrogens with zero attached hydrogens (tertiary/aromatic N) is 2. The predicted octanol–water partition coefficient (Wildman–Crippen LogP) is 2.55. The Labute approximate surface area is 185 Å². The van der Waals surface area contributed by atoms with E-state index in [-0.39, 0.29) is 28.7 Å². The van der Waals surface area contributed by atoms with Gasteiger partial charge < -0.3 is 9.80 Å². The third-order valence-corrected chi connectivity index (χ3v) is 8.27. The summed E-state index contributed by atoms with van der Waals surface area (Å²) in [5.74, 6) is 0.609. The Morgan fingerprint density at radius 1 is 1.00 bits per heavy atom. The Balaban J connectivity index is 1.40. The largest absolute Gasteiger partial charge is 0.342 e. The van der Waals surface area contributed by atoms with E-state index < -0.39 is 10.0 Å². The molecule has 3 aliphatic rings. The van der Waals surface area contributed by atoms with Gasteiger partial charge in [-0.05, 0) is 69.1 Å². The van der Waals surface area contributed by atoms with Gasteiger partial charge in [0.15, 0.2) is 0 Å². The van der Waals surface area contributed by atoms with Crippen LogP contribution in [0.2, 0.25) is 0 Å². The summed E-state index contributed by atoms with van der Waals surface area (Å²) in [6.45, 7) is 6.75. The minimum absolute atomic E-state index is 0.0184. The highest BCUT2D eigenvalue weighted by atomic mass is 32.2. The van der Waals surface area contributed by atoms with Crippen molar-refractivity contribution in [2.45, 2.75) is 63.3 Å². The van der Waals surface area contributed by atoms with Crippen LogP contribution in [0.3, 0.4) is 0 Å². The summed E-state index contributed by atoms with van der Waals surface area (Å²) < 4.78 is 27.8. The van der Waals surface area contributed by atoms with Gasteiger partial charge in [-0.1, -0.05) is 13.0 Å². The molecule has 0 unspecified atom stereocenters. The minimum atomic E-state index is -3.61. The molecule has 8 heteroatoms. The summed E-state index contributed by atoms with van der Waals surface area (Å²) in [5, 5.41) is 0. The van der Waals surface area contributed by atoms with Crippen LogP contribution < -0.4 is 4.72 Å². The van der Waals surface area contributed by atoms with Crippen LogP contribution in [0.4, 0.5) is 0 Å². The maximum Gasteiger partial charge on any atom is 0.254 e. The molecule has 4 rings (SSSR count). The quantitative estimate of drug-likeness (QED) is 0.752. The van der Waals surface area contributed by atoms with E-state index >= 15 is 0 Å². The molecular formula is C23H33N3O4S. The molecule has 31 heavy (non-hydrogen) atoms. The van der Waals surface area contributed by atoms with Gasteiger partial charge in [0.1, 0.15) is 0 Å². The van der Waals surface area contributed by atoms with E-state index in [4.69, 9.17) is 0 Å². The molecule has 0 aromatic heterocycles. The van der Waals surface area contributed by atoms with Crippen LogP contribution in [0.15, 0.2) is 23.1 Å². The van der Waals surface area contributed by atoms with Gasteiger partial charge in [0.25, 0.3) is 5.91 Å². The third kappa shape index (κ3) is 5.12. The molecule has 2 aliphatic heterocycles. The molecule has 2 heterocycles.